The molecule has 0 unspecified atom stereocenters. The Morgan fingerprint density at radius 3 is 2.79 bits per heavy atom. The fraction of sp³-hybridized carbons (Fsp3) is 0.250. The number of rotatable bonds is 6. The average molecular weight is 414 g/mol. The molecule has 9 heteroatoms. The molecule has 0 aliphatic carbocycles. The first kappa shape index (κ1) is 19.3. The minimum Gasteiger partial charge on any atom is -0.486 e. The molecule has 7 nitrogen and oxygen atoms in total. The molecule has 1 aliphatic rings. The SMILES string of the molecule is Cn1c(SCC(=O)NC[C@@H]2COc3ccccc3O2)nnc1-c1ccccc1F. The Bertz CT molecular complexity index is 1030. The van der Waals surface area contributed by atoms with Gasteiger partial charge in [0.05, 0.1) is 17.9 Å². The van der Waals surface area contributed by atoms with Crippen molar-refractivity contribution in [1.82, 2.24) is 20.1 Å². The van der Waals surface area contributed by atoms with E-state index in [1.165, 1.54) is 17.8 Å². The maximum Gasteiger partial charge on any atom is 0.230 e. The Morgan fingerprint density at radius 2 is 1.97 bits per heavy atom. The molecule has 0 spiro atoms. The van der Waals surface area contributed by atoms with Crippen LogP contribution in [0.2, 0.25) is 0 Å². The molecule has 29 heavy (non-hydrogen) atoms. The van der Waals surface area contributed by atoms with Crippen LogP contribution in [-0.2, 0) is 11.8 Å². The summed E-state index contributed by atoms with van der Waals surface area (Å²) in [4.78, 5) is 12.2. The van der Waals surface area contributed by atoms with Crippen LogP contribution in [0, 0.1) is 5.82 Å². The second-order valence-corrected chi connectivity index (χ2v) is 7.38. The molecule has 1 amide bonds. The largest absolute Gasteiger partial charge is 0.486 e. The summed E-state index contributed by atoms with van der Waals surface area (Å²) >= 11 is 1.23. The number of thioether (sulfide) groups is 1. The van der Waals surface area contributed by atoms with Crippen molar-refractivity contribution in [2.24, 2.45) is 7.05 Å². The summed E-state index contributed by atoms with van der Waals surface area (Å²) in [6.07, 6.45) is -0.249. The summed E-state index contributed by atoms with van der Waals surface area (Å²) in [5.41, 5.74) is 0.369. The second kappa shape index (κ2) is 8.52. The highest BCUT2D eigenvalue weighted by molar-refractivity contribution is 7.99. The molecule has 0 saturated heterocycles. The van der Waals surface area contributed by atoms with Crippen molar-refractivity contribution in [3.8, 4) is 22.9 Å². The number of halogens is 1. The van der Waals surface area contributed by atoms with E-state index in [9.17, 15) is 9.18 Å². The van der Waals surface area contributed by atoms with Gasteiger partial charge in [0.15, 0.2) is 22.5 Å². The maximum atomic E-state index is 14.0. The minimum atomic E-state index is -0.367. The van der Waals surface area contributed by atoms with Crippen molar-refractivity contribution in [3.63, 3.8) is 0 Å². The highest BCUT2D eigenvalue weighted by Gasteiger charge is 2.21. The Hall–Kier alpha value is -3.07. The summed E-state index contributed by atoms with van der Waals surface area (Å²) in [6.45, 7) is 0.715. The van der Waals surface area contributed by atoms with Gasteiger partial charge in [0.1, 0.15) is 18.5 Å². The second-order valence-electron chi connectivity index (χ2n) is 6.44. The molecule has 2 aromatic carbocycles. The summed E-state index contributed by atoms with van der Waals surface area (Å²) in [7, 11) is 1.74. The van der Waals surface area contributed by atoms with Crippen molar-refractivity contribution >= 4 is 17.7 Å². The highest BCUT2D eigenvalue weighted by Crippen LogP contribution is 2.30. The standard InChI is InChI=1S/C20H19FN4O3S/c1-25-19(14-6-2-3-7-15(14)21)23-24-20(25)29-12-18(26)22-10-13-11-27-16-8-4-5-9-17(16)28-13/h2-9,13H,10-12H2,1H3,(H,22,26)/t13-/m1/s1. The van der Waals surface area contributed by atoms with E-state index in [0.717, 1.165) is 0 Å². The number of ether oxygens (including phenoxy) is 2. The average Bonchev–Trinajstić information content (AvgIpc) is 3.11. The molecular formula is C20H19FN4O3S. The number of nitrogens with zero attached hydrogens (tertiary/aromatic N) is 3. The Balaban J connectivity index is 1.29. The molecule has 3 aromatic rings. The number of aromatic nitrogens is 3. The molecule has 1 atom stereocenters. The van der Waals surface area contributed by atoms with E-state index < -0.39 is 0 Å². The predicted molar refractivity (Wildman–Crippen MR) is 106 cm³/mol. The maximum absolute atomic E-state index is 14.0. The van der Waals surface area contributed by atoms with E-state index in [4.69, 9.17) is 9.47 Å². The Kier molecular flexibility index (Phi) is 5.66. The molecule has 150 valence electrons. The van der Waals surface area contributed by atoms with Crippen LogP contribution < -0.4 is 14.8 Å². The van der Waals surface area contributed by atoms with Crippen LogP contribution >= 0.6 is 11.8 Å². The summed E-state index contributed by atoms with van der Waals surface area (Å²) in [5, 5.41) is 11.5. The lowest BCUT2D eigenvalue weighted by Gasteiger charge is -2.26. The van der Waals surface area contributed by atoms with E-state index in [2.05, 4.69) is 15.5 Å². The molecule has 0 bridgehead atoms. The third-order valence-electron chi connectivity index (χ3n) is 4.38. The zero-order valence-corrected chi connectivity index (χ0v) is 16.5. The predicted octanol–water partition coefficient (Wildman–Crippen LogP) is 2.67. The van der Waals surface area contributed by atoms with E-state index in [1.54, 1.807) is 29.8 Å². The van der Waals surface area contributed by atoms with Crippen molar-refractivity contribution < 1.29 is 18.7 Å². The van der Waals surface area contributed by atoms with E-state index in [1.807, 2.05) is 24.3 Å². The third kappa shape index (κ3) is 4.34. The monoisotopic (exact) mass is 414 g/mol. The van der Waals surface area contributed by atoms with Crippen molar-refractivity contribution in [1.29, 1.82) is 0 Å². The normalized spacial score (nSPS) is 15.2. The first-order valence-electron chi connectivity index (χ1n) is 9.04. The summed E-state index contributed by atoms with van der Waals surface area (Å²) in [6, 6.07) is 13.8. The van der Waals surface area contributed by atoms with Crippen LogP contribution in [0.15, 0.2) is 53.7 Å². The molecule has 1 N–H and O–H groups in total. The zero-order valence-electron chi connectivity index (χ0n) is 15.7. The van der Waals surface area contributed by atoms with Gasteiger partial charge in [-0.15, -0.1) is 10.2 Å². The van der Waals surface area contributed by atoms with Crippen LogP contribution in [0.5, 0.6) is 11.5 Å². The lowest BCUT2D eigenvalue weighted by molar-refractivity contribution is -0.119. The van der Waals surface area contributed by atoms with Crippen molar-refractivity contribution in [3.05, 3.63) is 54.3 Å². The fourth-order valence-corrected chi connectivity index (χ4v) is 3.63. The number of para-hydroxylation sites is 2. The summed E-state index contributed by atoms with van der Waals surface area (Å²) < 4.78 is 27.1. The van der Waals surface area contributed by atoms with Gasteiger partial charge in [0, 0.05) is 7.05 Å². The van der Waals surface area contributed by atoms with Gasteiger partial charge in [0.2, 0.25) is 5.91 Å². The number of carbonyl (C=O) groups is 1. The van der Waals surface area contributed by atoms with Crippen molar-refractivity contribution in [2.45, 2.75) is 11.3 Å². The minimum absolute atomic E-state index is 0.159. The van der Waals surface area contributed by atoms with Gasteiger partial charge in [-0.3, -0.25) is 4.79 Å². The van der Waals surface area contributed by atoms with Crippen LogP contribution in [0.1, 0.15) is 0 Å². The van der Waals surface area contributed by atoms with E-state index in [0.29, 0.717) is 41.2 Å². The molecule has 1 aliphatic heterocycles. The molecule has 1 aromatic heterocycles. The fourth-order valence-electron chi connectivity index (χ4n) is 2.89. The number of benzene rings is 2. The van der Waals surface area contributed by atoms with Crippen molar-refractivity contribution in [2.75, 3.05) is 18.9 Å². The van der Waals surface area contributed by atoms with Crippen LogP contribution in [-0.4, -0.2) is 45.7 Å². The highest BCUT2D eigenvalue weighted by atomic mass is 32.2. The first-order valence-corrected chi connectivity index (χ1v) is 10.0. The molecule has 0 fully saturated rings. The smallest absolute Gasteiger partial charge is 0.230 e. The van der Waals surface area contributed by atoms with E-state index in [-0.39, 0.29) is 23.6 Å². The lowest BCUT2D eigenvalue weighted by atomic mass is 10.2. The molecule has 0 radical (unpaired) electrons. The van der Waals surface area contributed by atoms with Gasteiger partial charge >= 0.3 is 0 Å². The van der Waals surface area contributed by atoms with Crippen LogP contribution in [0.25, 0.3) is 11.4 Å². The number of hydrogen-bond donors (Lipinski definition) is 1. The first-order chi connectivity index (χ1) is 14.1. The number of amides is 1. The van der Waals surface area contributed by atoms with Crippen LogP contribution in [0.3, 0.4) is 0 Å². The van der Waals surface area contributed by atoms with Gasteiger partial charge < -0.3 is 19.4 Å². The zero-order chi connectivity index (χ0) is 20.2. The molecular weight excluding hydrogens is 395 g/mol. The number of hydrogen-bond acceptors (Lipinski definition) is 6. The van der Waals surface area contributed by atoms with Gasteiger partial charge in [-0.25, -0.2) is 4.39 Å². The Labute approximate surface area is 171 Å². The van der Waals surface area contributed by atoms with E-state index >= 15 is 0 Å². The molecule has 2 heterocycles. The number of carbonyl (C=O) groups excluding carboxylic acids is 1. The topological polar surface area (TPSA) is 78.3 Å². The lowest BCUT2D eigenvalue weighted by Crippen LogP contribution is -2.41. The molecule has 0 saturated carbocycles. The van der Waals surface area contributed by atoms with Gasteiger partial charge in [-0.1, -0.05) is 36.0 Å². The number of nitrogens with one attached hydrogen (secondary N) is 1. The van der Waals surface area contributed by atoms with Gasteiger partial charge in [-0.2, -0.15) is 0 Å². The third-order valence-corrected chi connectivity index (χ3v) is 5.40. The Morgan fingerprint density at radius 1 is 1.21 bits per heavy atom. The quantitative estimate of drug-likeness (QED) is 0.625. The van der Waals surface area contributed by atoms with Crippen LogP contribution in [0.4, 0.5) is 4.39 Å². The summed E-state index contributed by atoms with van der Waals surface area (Å²) in [5.74, 6) is 1.43. The number of fused-ring (bicyclic) bond motifs is 1. The van der Waals surface area contributed by atoms with Gasteiger partial charge in [-0.05, 0) is 24.3 Å². The van der Waals surface area contributed by atoms with Gasteiger partial charge in [0.25, 0.3) is 0 Å². The molecule has 4 rings (SSSR count).